The smallest absolute Gasteiger partial charge is 0.317 e. The van der Waals surface area contributed by atoms with Gasteiger partial charge >= 0.3 is 5.97 Å². The highest BCUT2D eigenvalue weighted by Crippen LogP contribution is 2.33. The van der Waals surface area contributed by atoms with Crippen molar-refractivity contribution in [1.29, 1.82) is 0 Å². The average Bonchev–Trinajstić information content (AvgIpc) is 3.48. The molecule has 3 N–H and O–H groups in total. The second-order valence-electron chi connectivity index (χ2n) is 7.89. The van der Waals surface area contributed by atoms with E-state index in [0.29, 0.717) is 30.1 Å². The van der Waals surface area contributed by atoms with Crippen LogP contribution in [-0.4, -0.2) is 57.0 Å². The zero-order valence-corrected chi connectivity index (χ0v) is 16.0. The molecule has 8 heteroatoms. The van der Waals surface area contributed by atoms with Crippen molar-refractivity contribution in [3.8, 4) is 11.4 Å². The molecule has 0 atom stereocenters. The maximum atomic E-state index is 12.5. The van der Waals surface area contributed by atoms with Crippen molar-refractivity contribution in [2.75, 3.05) is 13.1 Å². The number of nitrogens with one attached hydrogen (secondary N) is 2. The topological polar surface area (TPSA) is 115 Å². The first-order valence-corrected chi connectivity index (χ1v) is 9.91. The van der Waals surface area contributed by atoms with Crippen molar-refractivity contribution in [3.63, 3.8) is 0 Å². The van der Waals surface area contributed by atoms with E-state index in [1.54, 1.807) is 24.4 Å². The van der Waals surface area contributed by atoms with Crippen LogP contribution in [0, 0.1) is 5.92 Å². The van der Waals surface area contributed by atoms with Crippen LogP contribution in [-0.2, 0) is 4.79 Å². The molecule has 0 bridgehead atoms. The molecule has 4 rings (SSSR count). The molecule has 152 valence electrons. The van der Waals surface area contributed by atoms with E-state index in [-0.39, 0.29) is 24.2 Å². The lowest BCUT2D eigenvalue weighted by Crippen LogP contribution is -2.55. The molecule has 2 aromatic heterocycles. The van der Waals surface area contributed by atoms with Gasteiger partial charge in [0.1, 0.15) is 5.56 Å². The summed E-state index contributed by atoms with van der Waals surface area (Å²) in [5.74, 6) is -0.619. The third kappa shape index (κ3) is 4.71. The second-order valence-corrected chi connectivity index (χ2v) is 7.89. The zero-order valence-electron chi connectivity index (χ0n) is 16.0. The van der Waals surface area contributed by atoms with Gasteiger partial charge in [-0.15, -0.1) is 0 Å². The molecule has 0 radical (unpaired) electrons. The molecule has 0 aromatic carbocycles. The third-order valence-corrected chi connectivity index (χ3v) is 5.59. The summed E-state index contributed by atoms with van der Waals surface area (Å²) in [6.07, 6.45) is 5.38. The fourth-order valence-corrected chi connectivity index (χ4v) is 3.74. The number of aromatic amines is 1. The minimum atomic E-state index is -0.822. The van der Waals surface area contributed by atoms with Crippen LogP contribution in [0.2, 0.25) is 0 Å². The summed E-state index contributed by atoms with van der Waals surface area (Å²) < 4.78 is 0. The van der Waals surface area contributed by atoms with Gasteiger partial charge in [0, 0.05) is 24.8 Å². The van der Waals surface area contributed by atoms with Crippen LogP contribution in [0.15, 0.2) is 41.3 Å². The molecule has 2 aliphatic rings. The van der Waals surface area contributed by atoms with Crippen LogP contribution < -0.4 is 10.9 Å². The Balaban J connectivity index is 1.34. The highest BCUT2D eigenvalue weighted by Gasteiger charge is 2.38. The van der Waals surface area contributed by atoms with Crippen LogP contribution in [0.3, 0.4) is 0 Å². The van der Waals surface area contributed by atoms with E-state index < -0.39 is 17.4 Å². The molecule has 0 saturated heterocycles. The summed E-state index contributed by atoms with van der Waals surface area (Å²) in [5, 5.41) is 12.0. The van der Waals surface area contributed by atoms with Gasteiger partial charge in [0.25, 0.3) is 11.5 Å². The number of carboxylic acid groups (broad SMARTS) is 1. The molecule has 2 saturated carbocycles. The molecule has 2 aliphatic carbocycles. The molecule has 0 unspecified atom stereocenters. The quantitative estimate of drug-likeness (QED) is 0.623. The van der Waals surface area contributed by atoms with Crippen LogP contribution in [0.1, 0.15) is 36.0 Å². The molecule has 0 spiro atoms. The fraction of sp³-hybridized carbons (Fsp3) is 0.429. The molecule has 0 aliphatic heterocycles. The molecule has 29 heavy (non-hydrogen) atoms. The van der Waals surface area contributed by atoms with E-state index in [9.17, 15) is 14.4 Å². The molecule has 2 fully saturated rings. The first-order valence-electron chi connectivity index (χ1n) is 9.91. The summed E-state index contributed by atoms with van der Waals surface area (Å²) >= 11 is 0. The van der Waals surface area contributed by atoms with Gasteiger partial charge in [-0.25, -0.2) is 0 Å². The number of carbonyl (C=O) groups is 2. The Labute approximate surface area is 168 Å². The Bertz CT molecular complexity index is 949. The van der Waals surface area contributed by atoms with Gasteiger partial charge in [-0.2, -0.15) is 0 Å². The summed E-state index contributed by atoms with van der Waals surface area (Å²) in [5.41, 5.74) is 0.795. The minimum Gasteiger partial charge on any atom is -0.480 e. The van der Waals surface area contributed by atoms with Crippen molar-refractivity contribution >= 4 is 11.9 Å². The van der Waals surface area contributed by atoms with Gasteiger partial charge in [0.2, 0.25) is 0 Å². The maximum absolute atomic E-state index is 12.5. The Kier molecular flexibility index (Phi) is 5.44. The highest BCUT2D eigenvalue weighted by atomic mass is 16.4. The third-order valence-electron chi connectivity index (χ3n) is 5.59. The summed E-state index contributed by atoms with van der Waals surface area (Å²) in [6, 6.07) is 8.71. The summed E-state index contributed by atoms with van der Waals surface area (Å²) in [7, 11) is 0. The number of aromatic nitrogens is 2. The fourth-order valence-electron chi connectivity index (χ4n) is 3.74. The van der Waals surface area contributed by atoms with Crippen molar-refractivity contribution in [2.45, 2.75) is 37.8 Å². The van der Waals surface area contributed by atoms with Crippen LogP contribution in [0.4, 0.5) is 0 Å². The van der Waals surface area contributed by atoms with Gasteiger partial charge in [-0.05, 0) is 55.9 Å². The van der Waals surface area contributed by atoms with Crippen LogP contribution >= 0.6 is 0 Å². The van der Waals surface area contributed by atoms with Gasteiger partial charge < -0.3 is 15.4 Å². The maximum Gasteiger partial charge on any atom is 0.317 e. The Morgan fingerprint density at radius 1 is 1.21 bits per heavy atom. The second kappa shape index (κ2) is 8.16. The standard InChI is InChI=1S/C21H24N4O4/c26-19(27)12-25(11-13-4-5-13)15-9-14(10-15)23-20(28)16-6-7-18(24-21(16)29)17-3-1-2-8-22-17/h1-3,6-8,13-15H,4-5,9-12H2,(H,23,28)(H,24,29)(H,26,27). The Hall–Kier alpha value is -3.00. The van der Waals surface area contributed by atoms with Gasteiger partial charge in [-0.3, -0.25) is 24.3 Å². The van der Waals surface area contributed by atoms with Crippen LogP contribution in [0.5, 0.6) is 0 Å². The van der Waals surface area contributed by atoms with Crippen LogP contribution in [0.25, 0.3) is 11.4 Å². The molecular weight excluding hydrogens is 372 g/mol. The van der Waals surface area contributed by atoms with Crippen molar-refractivity contribution in [1.82, 2.24) is 20.2 Å². The number of pyridine rings is 2. The number of hydrogen-bond donors (Lipinski definition) is 3. The molecule has 2 heterocycles. The van der Waals surface area contributed by atoms with E-state index in [4.69, 9.17) is 5.11 Å². The molecule has 2 aromatic rings. The largest absolute Gasteiger partial charge is 0.480 e. The lowest BCUT2D eigenvalue weighted by Gasteiger charge is -2.42. The average molecular weight is 396 g/mol. The van der Waals surface area contributed by atoms with E-state index in [0.717, 1.165) is 6.54 Å². The highest BCUT2D eigenvalue weighted by molar-refractivity contribution is 5.94. The number of hydrogen-bond acceptors (Lipinski definition) is 5. The predicted molar refractivity (Wildman–Crippen MR) is 107 cm³/mol. The van der Waals surface area contributed by atoms with Crippen molar-refractivity contribution < 1.29 is 14.7 Å². The summed E-state index contributed by atoms with van der Waals surface area (Å²) in [4.78, 5) is 44.9. The molecular formula is C21H24N4O4. The first-order chi connectivity index (χ1) is 14.0. The van der Waals surface area contributed by atoms with Crippen molar-refractivity contribution in [2.24, 2.45) is 5.92 Å². The lowest BCUT2D eigenvalue weighted by atomic mass is 9.85. The van der Waals surface area contributed by atoms with Gasteiger partial charge in [0.15, 0.2) is 0 Å². The van der Waals surface area contributed by atoms with Gasteiger partial charge in [0.05, 0.1) is 17.9 Å². The summed E-state index contributed by atoms with van der Waals surface area (Å²) in [6.45, 7) is 0.850. The molecule has 1 amide bonds. The number of aliphatic carboxylic acids is 1. The SMILES string of the molecule is O=C(O)CN(CC1CC1)C1CC(NC(=O)c2ccc(-c3ccccn3)[nH]c2=O)C1. The number of rotatable bonds is 8. The zero-order chi connectivity index (χ0) is 20.4. The molecule has 8 nitrogen and oxygen atoms in total. The van der Waals surface area contributed by atoms with E-state index >= 15 is 0 Å². The van der Waals surface area contributed by atoms with E-state index in [2.05, 4.69) is 15.3 Å². The minimum absolute atomic E-state index is 0.0382. The first kappa shape index (κ1) is 19.3. The number of carbonyl (C=O) groups excluding carboxylic acids is 1. The predicted octanol–water partition coefficient (Wildman–Crippen LogP) is 1.49. The van der Waals surface area contributed by atoms with Gasteiger partial charge in [-0.1, -0.05) is 6.07 Å². The number of nitrogens with zero attached hydrogens (tertiary/aromatic N) is 2. The number of carboxylic acids is 1. The van der Waals surface area contributed by atoms with E-state index in [1.807, 2.05) is 11.0 Å². The normalized spacial score (nSPS) is 20.9. The monoisotopic (exact) mass is 396 g/mol. The van der Waals surface area contributed by atoms with Crippen molar-refractivity contribution in [3.05, 3.63) is 52.4 Å². The Morgan fingerprint density at radius 2 is 2.00 bits per heavy atom. The lowest BCUT2D eigenvalue weighted by molar-refractivity contribution is -0.139. The number of H-pyrrole nitrogens is 1. The van der Waals surface area contributed by atoms with E-state index in [1.165, 1.54) is 18.9 Å². The number of amides is 1. The Morgan fingerprint density at radius 3 is 2.62 bits per heavy atom.